The standard InChI is InChI=1S/C3H7NOS/c1-2-4(5)3-6/h3,5H,2H2,1H3. The minimum Gasteiger partial charge on any atom is -0.288 e. The highest BCUT2D eigenvalue weighted by Gasteiger charge is 1.78. The Hall–Kier alpha value is -0.150. The largest absolute Gasteiger partial charge is 0.288 e. The van der Waals surface area contributed by atoms with Crippen molar-refractivity contribution in [2.24, 2.45) is 0 Å². The molecule has 0 aromatic rings. The van der Waals surface area contributed by atoms with E-state index >= 15 is 0 Å². The molecule has 36 valence electrons. The second-order valence-electron chi connectivity index (χ2n) is 0.861. The zero-order chi connectivity index (χ0) is 4.99. The summed E-state index contributed by atoms with van der Waals surface area (Å²) in [5.41, 5.74) is 1.19. The van der Waals surface area contributed by atoms with Crippen LogP contribution in [-0.2, 0) is 0 Å². The minimum absolute atomic E-state index is 0.559. The molecule has 0 heterocycles. The Labute approximate surface area is 42.3 Å². The molecule has 0 fully saturated rings. The summed E-state index contributed by atoms with van der Waals surface area (Å²) in [6.45, 7) is 2.37. The molecule has 0 rings (SSSR count). The lowest BCUT2D eigenvalue weighted by molar-refractivity contribution is -0.000234. The van der Waals surface area contributed by atoms with Crippen LogP contribution in [-0.4, -0.2) is 22.3 Å². The van der Waals surface area contributed by atoms with Crippen LogP contribution in [0.4, 0.5) is 0 Å². The third kappa shape index (κ3) is 2.11. The Morgan fingerprint density at radius 1 is 2.00 bits per heavy atom. The van der Waals surface area contributed by atoms with Gasteiger partial charge >= 0.3 is 0 Å². The number of rotatable bonds is 2. The molecular formula is C3H7NOS. The second kappa shape index (κ2) is 3.06. The predicted octanol–water partition coefficient (Wildman–Crippen LogP) is 0.655. The molecule has 0 aliphatic rings. The molecular weight excluding hydrogens is 98.1 g/mol. The summed E-state index contributed by atoms with van der Waals surface area (Å²) in [6, 6.07) is 0. The van der Waals surface area contributed by atoms with Crippen LogP contribution < -0.4 is 0 Å². The van der Waals surface area contributed by atoms with E-state index in [0.29, 0.717) is 6.54 Å². The number of hydrogen-bond acceptors (Lipinski definition) is 2. The Morgan fingerprint density at radius 3 is 2.50 bits per heavy atom. The summed E-state index contributed by atoms with van der Waals surface area (Å²) in [6.07, 6.45) is 0. The third-order valence-corrected chi connectivity index (χ3v) is 0.689. The molecule has 0 aromatic heterocycles. The summed E-state index contributed by atoms with van der Waals surface area (Å²) >= 11 is 4.32. The van der Waals surface area contributed by atoms with Crippen molar-refractivity contribution in [2.75, 3.05) is 6.54 Å². The first-order valence-electron chi connectivity index (χ1n) is 1.72. The van der Waals surface area contributed by atoms with E-state index in [9.17, 15) is 0 Å². The van der Waals surface area contributed by atoms with Crippen molar-refractivity contribution in [2.45, 2.75) is 6.92 Å². The monoisotopic (exact) mass is 105 g/mol. The summed E-state index contributed by atoms with van der Waals surface area (Å²) in [4.78, 5) is 0. The van der Waals surface area contributed by atoms with E-state index < -0.39 is 0 Å². The fourth-order valence-electron chi connectivity index (χ4n) is 0.0745. The molecule has 0 unspecified atom stereocenters. The van der Waals surface area contributed by atoms with Gasteiger partial charge in [-0.05, 0) is 6.92 Å². The minimum atomic E-state index is 0.559. The van der Waals surface area contributed by atoms with E-state index in [4.69, 9.17) is 5.21 Å². The van der Waals surface area contributed by atoms with Crippen LogP contribution in [0.25, 0.3) is 0 Å². The number of hydroxylamine groups is 2. The van der Waals surface area contributed by atoms with Gasteiger partial charge in [-0.3, -0.25) is 10.3 Å². The molecule has 0 spiro atoms. The van der Waals surface area contributed by atoms with Gasteiger partial charge in [0.25, 0.3) is 0 Å². The van der Waals surface area contributed by atoms with Crippen molar-refractivity contribution in [3.63, 3.8) is 0 Å². The van der Waals surface area contributed by atoms with Gasteiger partial charge in [0.05, 0.1) is 5.49 Å². The molecule has 0 amide bonds. The lowest BCUT2D eigenvalue weighted by Crippen LogP contribution is -2.13. The van der Waals surface area contributed by atoms with E-state index in [0.717, 1.165) is 5.06 Å². The molecule has 0 aliphatic carbocycles. The van der Waals surface area contributed by atoms with Gasteiger partial charge in [-0.25, -0.2) is 0 Å². The molecule has 1 N–H and O–H groups in total. The first-order valence-corrected chi connectivity index (χ1v) is 2.19. The molecule has 2 nitrogen and oxygen atoms in total. The van der Waals surface area contributed by atoms with E-state index in [1.54, 1.807) is 0 Å². The number of hydrogen-bond donors (Lipinski definition) is 1. The van der Waals surface area contributed by atoms with E-state index in [-0.39, 0.29) is 0 Å². The molecule has 0 aromatic carbocycles. The van der Waals surface area contributed by atoms with Crippen molar-refractivity contribution in [3.05, 3.63) is 0 Å². The van der Waals surface area contributed by atoms with Crippen LogP contribution in [0.1, 0.15) is 6.92 Å². The highest BCUT2D eigenvalue weighted by Crippen LogP contribution is 1.68. The maximum absolute atomic E-state index is 8.34. The van der Waals surface area contributed by atoms with Crippen LogP contribution in [0.3, 0.4) is 0 Å². The molecule has 0 saturated carbocycles. The van der Waals surface area contributed by atoms with Crippen molar-refractivity contribution in [3.8, 4) is 0 Å². The summed E-state index contributed by atoms with van der Waals surface area (Å²) in [5.74, 6) is 0. The van der Waals surface area contributed by atoms with Crippen molar-refractivity contribution >= 4 is 17.7 Å². The molecule has 0 saturated heterocycles. The van der Waals surface area contributed by atoms with E-state index in [2.05, 4.69) is 12.2 Å². The first kappa shape index (κ1) is 5.85. The summed E-state index contributed by atoms with van der Waals surface area (Å²) in [5, 5.41) is 9.28. The lowest BCUT2D eigenvalue weighted by atomic mass is 10.8. The van der Waals surface area contributed by atoms with Gasteiger partial charge in [0.1, 0.15) is 0 Å². The molecule has 3 heteroatoms. The number of nitrogens with zero attached hydrogens (tertiary/aromatic N) is 1. The molecule has 0 radical (unpaired) electrons. The van der Waals surface area contributed by atoms with Gasteiger partial charge in [-0.15, -0.1) is 0 Å². The van der Waals surface area contributed by atoms with Crippen LogP contribution in [0.5, 0.6) is 0 Å². The van der Waals surface area contributed by atoms with E-state index in [1.807, 2.05) is 6.92 Å². The highest BCUT2D eigenvalue weighted by molar-refractivity contribution is 7.78. The fraction of sp³-hybridized carbons (Fsp3) is 0.667. The SMILES string of the molecule is CCN(O)C=S. The maximum Gasteiger partial charge on any atom is 0.0901 e. The quantitative estimate of drug-likeness (QED) is 0.412. The molecule has 6 heavy (non-hydrogen) atoms. The van der Waals surface area contributed by atoms with Crippen molar-refractivity contribution in [1.82, 2.24) is 5.06 Å². The van der Waals surface area contributed by atoms with Gasteiger partial charge in [0.2, 0.25) is 0 Å². The summed E-state index contributed by atoms with van der Waals surface area (Å²) in [7, 11) is 0. The fourth-order valence-corrected chi connectivity index (χ4v) is 0.224. The van der Waals surface area contributed by atoms with E-state index in [1.165, 1.54) is 5.49 Å². The van der Waals surface area contributed by atoms with Crippen LogP contribution in [0, 0.1) is 0 Å². The highest BCUT2D eigenvalue weighted by atomic mass is 32.1. The topological polar surface area (TPSA) is 23.5 Å². The predicted molar refractivity (Wildman–Crippen MR) is 27.8 cm³/mol. The van der Waals surface area contributed by atoms with Gasteiger partial charge < -0.3 is 0 Å². The van der Waals surface area contributed by atoms with Gasteiger partial charge in [-0.1, -0.05) is 12.2 Å². The Bertz CT molecular complexity index is 48.1. The summed E-state index contributed by atoms with van der Waals surface area (Å²) < 4.78 is 0. The average Bonchev–Trinajstić information content (AvgIpc) is 1.65. The van der Waals surface area contributed by atoms with Crippen LogP contribution in [0.15, 0.2) is 0 Å². The van der Waals surface area contributed by atoms with Crippen molar-refractivity contribution in [1.29, 1.82) is 0 Å². The van der Waals surface area contributed by atoms with Gasteiger partial charge in [0.15, 0.2) is 0 Å². The van der Waals surface area contributed by atoms with Crippen LogP contribution >= 0.6 is 12.2 Å². The molecule has 0 aliphatic heterocycles. The van der Waals surface area contributed by atoms with Crippen LogP contribution in [0.2, 0.25) is 0 Å². The molecule has 0 atom stereocenters. The number of thiocarbonyl (C=S) groups is 1. The molecule has 0 bridgehead atoms. The maximum atomic E-state index is 8.34. The zero-order valence-corrected chi connectivity index (χ0v) is 4.40. The third-order valence-electron chi connectivity index (χ3n) is 0.446. The van der Waals surface area contributed by atoms with Gasteiger partial charge in [0, 0.05) is 6.54 Å². The first-order chi connectivity index (χ1) is 2.81. The van der Waals surface area contributed by atoms with Crippen molar-refractivity contribution < 1.29 is 5.21 Å². The zero-order valence-electron chi connectivity index (χ0n) is 3.59. The Balaban J connectivity index is 2.96. The normalized spacial score (nSPS) is 7.67. The van der Waals surface area contributed by atoms with Gasteiger partial charge in [-0.2, -0.15) is 0 Å². The Kier molecular flexibility index (Phi) is 2.98. The lowest BCUT2D eigenvalue weighted by Gasteiger charge is -2.02. The average molecular weight is 105 g/mol. The Morgan fingerprint density at radius 2 is 2.50 bits per heavy atom. The second-order valence-corrected chi connectivity index (χ2v) is 1.07. The smallest absolute Gasteiger partial charge is 0.0901 e.